The highest BCUT2D eigenvalue weighted by Crippen LogP contribution is 2.24. The van der Waals surface area contributed by atoms with Crippen LogP contribution in [-0.4, -0.2) is 34.8 Å². The van der Waals surface area contributed by atoms with Gasteiger partial charge in [-0.15, -0.1) is 11.3 Å². The number of hydrogen-bond acceptors (Lipinski definition) is 5. The molecule has 0 aliphatic heterocycles. The Morgan fingerprint density at radius 3 is 2.50 bits per heavy atom. The molecule has 0 atom stereocenters. The van der Waals surface area contributed by atoms with Crippen LogP contribution in [-0.2, 0) is 0 Å². The predicted octanol–water partition coefficient (Wildman–Crippen LogP) is 4.14. The van der Waals surface area contributed by atoms with Gasteiger partial charge in [0.25, 0.3) is 11.8 Å². The fraction of sp³-hybridized carbons (Fsp3) is 0.211. The van der Waals surface area contributed by atoms with Crippen LogP contribution in [0.3, 0.4) is 0 Å². The van der Waals surface area contributed by atoms with E-state index >= 15 is 0 Å². The fourth-order valence-corrected chi connectivity index (χ4v) is 3.24. The summed E-state index contributed by atoms with van der Waals surface area (Å²) in [4.78, 5) is 30.7. The van der Waals surface area contributed by atoms with Gasteiger partial charge in [0.2, 0.25) is 0 Å². The summed E-state index contributed by atoms with van der Waals surface area (Å²) in [5.74, 6) is 0.311. The Balaban J connectivity index is 1.67. The van der Waals surface area contributed by atoms with Crippen molar-refractivity contribution < 1.29 is 14.0 Å². The lowest BCUT2D eigenvalue weighted by Gasteiger charge is -2.18. The molecule has 2 aromatic heterocycles. The Kier molecular flexibility index (Phi) is 5.48. The molecule has 0 aliphatic rings. The van der Waals surface area contributed by atoms with Gasteiger partial charge in [0.15, 0.2) is 10.8 Å². The van der Waals surface area contributed by atoms with Gasteiger partial charge in [-0.25, -0.2) is 4.98 Å². The third kappa shape index (κ3) is 3.83. The third-order valence-electron chi connectivity index (χ3n) is 3.91. The Morgan fingerprint density at radius 1 is 1.15 bits per heavy atom. The third-order valence-corrected chi connectivity index (χ3v) is 4.77. The molecule has 7 heteroatoms. The van der Waals surface area contributed by atoms with Crippen molar-refractivity contribution in [2.75, 3.05) is 18.4 Å². The summed E-state index contributed by atoms with van der Waals surface area (Å²) in [6, 6.07) is 10.4. The van der Waals surface area contributed by atoms with Crippen LogP contribution < -0.4 is 5.32 Å². The number of nitrogens with zero attached hydrogens (tertiary/aromatic N) is 2. The molecule has 0 bridgehead atoms. The van der Waals surface area contributed by atoms with Crippen LogP contribution in [0.5, 0.6) is 0 Å². The van der Waals surface area contributed by atoms with E-state index in [-0.39, 0.29) is 11.8 Å². The number of amides is 2. The highest BCUT2D eigenvalue weighted by atomic mass is 32.1. The van der Waals surface area contributed by atoms with Crippen molar-refractivity contribution in [2.24, 2.45) is 0 Å². The molecule has 6 nitrogen and oxygen atoms in total. The lowest BCUT2D eigenvalue weighted by Crippen LogP contribution is -2.30. The van der Waals surface area contributed by atoms with Gasteiger partial charge in [0.1, 0.15) is 5.69 Å². The second-order valence-corrected chi connectivity index (χ2v) is 6.38. The molecule has 0 spiro atoms. The predicted molar refractivity (Wildman–Crippen MR) is 101 cm³/mol. The average molecular weight is 369 g/mol. The summed E-state index contributed by atoms with van der Waals surface area (Å²) < 4.78 is 5.28. The highest BCUT2D eigenvalue weighted by Gasteiger charge is 2.15. The molecular weight excluding hydrogens is 350 g/mol. The van der Waals surface area contributed by atoms with Crippen LogP contribution in [0.15, 0.2) is 52.5 Å². The topological polar surface area (TPSA) is 75.4 Å². The van der Waals surface area contributed by atoms with Gasteiger partial charge < -0.3 is 14.6 Å². The quantitative estimate of drug-likeness (QED) is 0.709. The molecular formula is C19H19N3O3S. The highest BCUT2D eigenvalue weighted by molar-refractivity contribution is 7.13. The zero-order valence-corrected chi connectivity index (χ0v) is 15.4. The van der Waals surface area contributed by atoms with E-state index < -0.39 is 0 Å². The fourth-order valence-electron chi connectivity index (χ4n) is 2.48. The second-order valence-electron chi connectivity index (χ2n) is 5.52. The van der Waals surface area contributed by atoms with E-state index in [2.05, 4.69) is 10.3 Å². The van der Waals surface area contributed by atoms with E-state index in [1.165, 1.54) is 11.3 Å². The van der Waals surface area contributed by atoms with Gasteiger partial charge in [-0.1, -0.05) is 0 Å². The first-order chi connectivity index (χ1) is 12.6. The van der Waals surface area contributed by atoms with Crippen molar-refractivity contribution in [1.29, 1.82) is 0 Å². The van der Waals surface area contributed by atoms with Gasteiger partial charge in [0, 0.05) is 29.7 Å². The summed E-state index contributed by atoms with van der Waals surface area (Å²) in [5, 5.41) is 5.13. The van der Waals surface area contributed by atoms with Crippen LogP contribution in [0.4, 0.5) is 5.69 Å². The van der Waals surface area contributed by atoms with Crippen molar-refractivity contribution in [3.05, 3.63) is 59.3 Å². The van der Waals surface area contributed by atoms with E-state index in [4.69, 9.17) is 4.42 Å². The first-order valence-corrected chi connectivity index (χ1v) is 9.20. The van der Waals surface area contributed by atoms with Crippen molar-refractivity contribution in [3.63, 3.8) is 0 Å². The maximum absolute atomic E-state index is 12.3. The molecule has 26 heavy (non-hydrogen) atoms. The molecule has 2 heterocycles. The van der Waals surface area contributed by atoms with E-state index in [1.54, 1.807) is 52.9 Å². The number of anilines is 1. The van der Waals surface area contributed by atoms with Gasteiger partial charge in [0.05, 0.1) is 6.26 Å². The van der Waals surface area contributed by atoms with Crippen molar-refractivity contribution in [2.45, 2.75) is 13.8 Å². The normalized spacial score (nSPS) is 10.5. The zero-order chi connectivity index (χ0) is 18.5. The molecule has 1 aromatic carbocycles. The Morgan fingerprint density at radius 2 is 1.88 bits per heavy atom. The maximum Gasteiger partial charge on any atom is 0.275 e. The van der Waals surface area contributed by atoms with Crippen LogP contribution in [0.25, 0.3) is 10.8 Å². The van der Waals surface area contributed by atoms with E-state index in [1.807, 2.05) is 13.8 Å². The van der Waals surface area contributed by atoms with Crippen molar-refractivity contribution >= 4 is 28.8 Å². The van der Waals surface area contributed by atoms with Gasteiger partial charge in [-0.3, -0.25) is 9.59 Å². The molecule has 0 saturated carbocycles. The first kappa shape index (κ1) is 17.9. The monoisotopic (exact) mass is 369 g/mol. The Bertz CT molecular complexity index is 881. The minimum absolute atomic E-state index is 0.0181. The molecule has 0 fully saturated rings. The summed E-state index contributed by atoms with van der Waals surface area (Å²) >= 11 is 1.34. The maximum atomic E-state index is 12.3. The SMILES string of the molecule is CCN(CC)C(=O)c1ccc(NC(=O)c2csc(-c3ccco3)n2)cc1. The molecule has 0 aliphatic carbocycles. The van der Waals surface area contributed by atoms with Crippen molar-refractivity contribution in [3.8, 4) is 10.8 Å². The number of rotatable bonds is 6. The molecule has 0 radical (unpaired) electrons. The minimum atomic E-state index is -0.304. The number of carbonyl (C=O) groups excluding carboxylic acids is 2. The van der Waals surface area contributed by atoms with E-state index in [9.17, 15) is 9.59 Å². The summed E-state index contributed by atoms with van der Waals surface area (Å²) in [6.07, 6.45) is 1.57. The van der Waals surface area contributed by atoms with E-state index in [0.29, 0.717) is 40.8 Å². The Labute approximate surface area is 155 Å². The lowest BCUT2D eigenvalue weighted by atomic mass is 10.1. The smallest absolute Gasteiger partial charge is 0.275 e. The molecule has 0 saturated heterocycles. The summed E-state index contributed by atoms with van der Waals surface area (Å²) in [5.41, 5.74) is 1.53. The number of thiazole rings is 1. The van der Waals surface area contributed by atoms with Crippen LogP contribution in [0, 0.1) is 0 Å². The van der Waals surface area contributed by atoms with Gasteiger partial charge in [-0.05, 0) is 50.2 Å². The van der Waals surface area contributed by atoms with Gasteiger partial charge >= 0.3 is 0 Å². The standard InChI is InChI=1S/C19H19N3O3S/c1-3-22(4-2)19(24)13-7-9-14(10-8-13)20-17(23)15-12-26-18(21-15)16-6-5-11-25-16/h5-12H,3-4H2,1-2H3,(H,20,23). The first-order valence-electron chi connectivity index (χ1n) is 8.32. The minimum Gasteiger partial charge on any atom is -0.462 e. The molecule has 0 unspecified atom stereocenters. The molecule has 134 valence electrons. The zero-order valence-electron chi connectivity index (χ0n) is 14.6. The van der Waals surface area contributed by atoms with Gasteiger partial charge in [-0.2, -0.15) is 0 Å². The van der Waals surface area contributed by atoms with Crippen LogP contribution >= 0.6 is 11.3 Å². The Hall–Kier alpha value is -2.93. The molecule has 2 amide bonds. The second kappa shape index (κ2) is 7.97. The van der Waals surface area contributed by atoms with E-state index in [0.717, 1.165) is 0 Å². The van der Waals surface area contributed by atoms with Crippen LogP contribution in [0.2, 0.25) is 0 Å². The molecule has 3 rings (SSSR count). The summed E-state index contributed by atoms with van der Waals surface area (Å²) in [7, 11) is 0. The average Bonchev–Trinajstić information content (AvgIpc) is 3.35. The number of hydrogen-bond donors (Lipinski definition) is 1. The largest absolute Gasteiger partial charge is 0.462 e. The summed E-state index contributed by atoms with van der Waals surface area (Å²) in [6.45, 7) is 5.22. The van der Waals surface area contributed by atoms with Crippen molar-refractivity contribution in [1.82, 2.24) is 9.88 Å². The number of furan rings is 1. The molecule has 1 N–H and O–H groups in total. The molecule has 3 aromatic rings. The van der Waals surface area contributed by atoms with Crippen LogP contribution in [0.1, 0.15) is 34.7 Å². The number of aromatic nitrogens is 1. The lowest BCUT2D eigenvalue weighted by molar-refractivity contribution is 0.0773. The number of nitrogens with one attached hydrogen (secondary N) is 1. The number of benzene rings is 1. The number of carbonyl (C=O) groups is 2.